The van der Waals surface area contributed by atoms with Crippen molar-refractivity contribution < 1.29 is 0 Å². The first kappa shape index (κ1) is 30.4. The van der Waals surface area contributed by atoms with Gasteiger partial charge in [-0.3, -0.25) is 4.57 Å². The van der Waals surface area contributed by atoms with Gasteiger partial charge in [-0.15, -0.1) is 0 Å². The fourth-order valence-electron chi connectivity index (χ4n) is 8.55. The Morgan fingerprint density at radius 2 is 0.833 bits per heavy atom. The molecular formula is C51H33N3. The lowest BCUT2D eigenvalue weighted by Gasteiger charge is -2.33. The monoisotopic (exact) mass is 687 g/mol. The molecule has 1 aliphatic rings. The number of rotatable bonds is 5. The molecule has 3 heteroatoms. The van der Waals surface area contributed by atoms with Crippen molar-refractivity contribution in [1.29, 1.82) is 0 Å². The van der Waals surface area contributed by atoms with Crippen LogP contribution in [0.5, 0.6) is 0 Å². The van der Waals surface area contributed by atoms with E-state index < -0.39 is 0 Å². The smallest absolute Gasteiger partial charge is 0.145 e. The van der Waals surface area contributed by atoms with E-state index >= 15 is 0 Å². The van der Waals surface area contributed by atoms with E-state index in [-0.39, 0.29) is 0 Å². The first-order valence-corrected chi connectivity index (χ1v) is 18.5. The topological polar surface area (TPSA) is 21.1 Å². The van der Waals surface area contributed by atoms with Gasteiger partial charge in [0.05, 0.1) is 28.1 Å². The molecule has 0 saturated heterocycles. The first-order chi connectivity index (χ1) is 26.8. The molecule has 2 heterocycles. The molecule has 54 heavy (non-hydrogen) atoms. The van der Waals surface area contributed by atoms with Crippen LogP contribution in [0.25, 0.3) is 83.0 Å². The molecule has 252 valence electrons. The van der Waals surface area contributed by atoms with Gasteiger partial charge in [0.1, 0.15) is 5.82 Å². The summed E-state index contributed by atoms with van der Waals surface area (Å²) in [6.07, 6.45) is 0. The van der Waals surface area contributed by atoms with Crippen molar-refractivity contribution in [3.63, 3.8) is 0 Å². The molecule has 0 N–H and O–H groups in total. The van der Waals surface area contributed by atoms with Crippen molar-refractivity contribution in [1.82, 2.24) is 9.55 Å². The fraction of sp³-hybridized carbons (Fsp3) is 0. The van der Waals surface area contributed by atoms with Crippen molar-refractivity contribution in [3.05, 3.63) is 200 Å². The van der Waals surface area contributed by atoms with Crippen molar-refractivity contribution in [2.75, 3.05) is 4.90 Å². The summed E-state index contributed by atoms with van der Waals surface area (Å²) in [7, 11) is 0. The van der Waals surface area contributed by atoms with Gasteiger partial charge in [-0.05, 0) is 91.3 Å². The van der Waals surface area contributed by atoms with Gasteiger partial charge >= 0.3 is 0 Å². The van der Waals surface area contributed by atoms with E-state index in [0.29, 0.717) is 0 Å². The third kappa shape index (κ3) is 4.65. The molecule has 10 aromatic rings. The zero-order valence-corrected chi connectivity index (χ0v) is 29.4. The molecule has 0 fully saturated rings. The van der Waals surface area contributed by atoms with E-state index in [4.69, 9.17) is 4.98 Å². The molecular weight excluding hydrogens is 655 g/mol. The van der Waals surface area contributed by atoms with E-state index in [1.54, 1.807) is 0 Å². The van der Waals surface area contributed by atoms with Crippen LogP contribution in [0, 0.1) is 0 Å². The van der Waals surface area contributed by atoms with Gasteiger partial charge in [-0.1, -0.05) is 164 Å². The third-order valence-electron chi connectivity index (χ3n) is 10.9. The van der Waals surface area contributed by atoms with Crippen molar-refractivity contribution in [2.24, 2.45) is 0 Å². The average molecular weight is 688 g/mol. The number of imidazole rings is 1. The highest BCUT2D eigenvalue weighted by Crippen LogP contribution is 2.50. The van der Waals surface area contributed by atoms with Gasteiger partial charge in [0.15, 0.2) is 0 Å². The molecule has 1 aliphatic heterocycles. The number of hydrogen-bond acceptors (Lipinski definition) is 2. The number of benzene rings is 9. The van der Waals surface area contributed by atoms with Crippen LogP contribution >= 0.6 is 0 Å². The van der Waals surface area contributed by atoms with E-state index in [9.17, 15) is 0 Å². The zero-order chi connectivity index (χ0) is 35.6. The second-order valence-electron chi connectivity index (χ2n) is 13.9. The normalized spacial score (nSPS) is 12.0. The van der Waals surface area contributed by atoms with Crippen molar-refractivity contribution in [3.8, 4) is 50.5 Å². The summed E-state index contributed by atoms with van der Waals surface area (Å²) in [5.74, 6) is 0.946. The lowest BCUT2D eigenvalue weighted by Crippen LogP contribution is -2.18. The highest BCUT2D eigenvalue weighted by atomic mass is 15.2. The minimum absolute atomic E-state index is 0.946. The van der Waals surface area contributed by atoms with Gasteiger partial charge in [-0.2, -0.15) is 0 Å². The second kappa shape index (κ2) is 12.2. The van der Waals surface area contributed by atoms with Gasteiger partial charge in [0.25, 0.3) is 0 Å². The summed E-state index contributed by atoms with van der Waals surface area (Å²) >= 11 is 0. The van der Waals surface area contributed by atoms with E-state index in [1.165, 1.54) is 49.4 Å². The van der Waals surface area contributed by atoms with Gasteiger partial charge in [0.2, 0.25) is 0 Å². The van der Waals surface area contributed by atoms with Gasteiger partial charge < -0.3 is 4.90 Å². The summed E-state index contributed by atoms with van der Waals surface area (Å²) in [4.78, 5) is 7.59. The summed E-state index contributed by atoms with van der Waals surface area (Å²) < 4.78 is 2.34. The Bertz CT molecular complexity index is 2960. The maximum atomic E-state index is 5.20. The molecule has 0 unspecified atom stereocenters. The van der Waals surface area contributed by atoms with Crippen LogP contribution in [0.3, 0.4) is 0 Å². The minimum atomic E-state index is 0.946. The lowest BCUT2D eigenvalue weighted by atomic mass is 9.86. The van der Waals surface area contributed by atoms with E-state index in [2.05, 4.69) is 210 Å². The summed E-state index contributed by atoms with van der Waals surface area (Å²) in [6, 6.07) is 72.1. The number of nitrogens with zero attached hydrogens (tertiary/aromatic N) is 3. The third-order valence-corrected chi connectivity index (χ3v) is 10.9. The van der Waals surface area contributed by atoms with Crippen molar-refractivity contribution >= 4 is 49.6 Å². The Morgan fingerprint density at radius 1 is 0.333 bits per heavy atom. The maximum Gasteiger partial charge on any atom is 0.145 e. The molecule has 0 amide bonds. The molecule has 0 spiro atoms. The molecule has 0 aliphatic carbocycles. The van der Waals surface area contributed by atoms with Crippen LogP contribution < -0.4 is 4.90 Å². The van der Waals surface area contributed by atoms with Gasteiger partial charge in [-0.25, -0.2) is 4.98 Å². The standard InChI is InChI=1S/C51H33N3/c1-4-15-35(16-5-1)48-40-21-10-12-23-42(40)49(43-24-13-11-22-41(43)48)36-29-27-34(28-30-36)38-31-32-45-47(33-38)53(39-19-8-3-9-20-39)46-26-14-25-44-50(46)54(45)51(52-44)37-17-6-2-7-18-37/h1-33H. The van der Waals surface area contributed by atoms with Crippen LogP contribution in [0.15, 0.2) is 200 Å². The summed E-state index contributed by atoms with van der Waals surface area (Å²) in [6.45, 7) is 0. The number of anilines is 3. The Kier molecular flexibility index (Phi) is 6.86. The molecule has 0 saturated carbocycles. The highest BCUT2D eigenvalue weighted by Gasteiger charge is 2.30. The molecule has 0 atom stereocenters. The number of aromatic nitrogens is 2. The fourth-order valence-corrected chi connectivity index (χ4v) is 8.55. The van der Waals surface area contributed by atoms with Crippen LogP contribution in [-0.4, -0.2) is 9.55 Å². The van der Waals surface area contributed by atoms with Crippen LogP contribution in [0.1, 0.15) is 0 Å². The van der Waals surface area contributed by atoms with Crippen LogP contribution in [0.4, 0.5) is 17.1 Å². The molecule has 1 aromatic heterocycles. The molecule has 3 nitrogen and oxygen atoms in total. The largest absolute Gasteiger partial charge is 0.306 e. The van der Waals surface area contributed by atoms with E-state index in [1.807, 2.05) is 0 Å². The molecule has 0 radical (unpaired) electrons. The molecule has 11 rings (SSSR count). The van der Waals surface area contributed by atoms with E-state index in [0.717, 1.165) is 50.7 Å². The number of hydrogen-bond donors (Lipinski definition) is 0. The first-order valence-electron chi connectivity index (χ1n) is 18.5. The average Bonchev–Trinajstić information content (AvgIpc) is 3.65. The Hall–Kier alpha value is -7.23. The Balaban J connectivity index is 1.08. The second-order valence-corrected chi connectivity index (χ2v) is 13.9. The van der Waals surface area contributed by atoms with Crippen LogP contribution in [-0.2, 0) is 0 Å². The van der Waals surface area contributed by atoms with Crippen molar-refractivity contribution in [2.45, 2.75) is 0 Å². The van der Waals surface area contributed by atoms with Crippen LogP contribution in [0.2, 0.25) is 0 Å². The predicted molar refractivity (Wildman–Crippen MR) is 226 cm³/mol. The molecule has 9 aromatic carbocycles. The van der Waals surface area contributed by atoms with Gasteiger partial charge in [0, 0.05) is 11.3 Å². The predicted octanol–water partition coefficient (Wildman–Crippen LogP) is 13.8. The summed E-state index contributed by atoms with van der Waals surface area (Å²) in [5.41, 5.74) is 15.0. The maximum absolute atomic E-state index is 5.20. The SMILES string of the molecule is c1ccc(-c2c3ccccc3c(-c3ccc(-c4ccc5c(c4)N(c4ccccc4)c4cccc6nc(-c7ccccc7)n-5c46)cc3)c3ccccc23)cc1. The lowest BCUT2D eigenvalue weighted by molar-refractivity contribution is 1.06. The Morgan fingerprint density at radius 3 is 1.44 bits per heavy atom. The highest BCUT2D eigenvalue weighted by molar-refractivity contribution is 6.21. The minimum Gasteiger partial charge on any atom is -0.306 e. The number of para-hydroxylation sites is 2. The zero-order valence-electron chi connectivity index (χ0n) is 29.4. The summed E-state index contributed by atoms with van der Waals surface area (Å²) in [5, 5.41) is 5.05. The quantitative estimate of drug-likeness (QED) is 0.168. The Labute approximate surface area is 313 Å². The molecule has 0 bridgehead atoms. The number of fused-ring (bicyclic) bond motifs is 4.